The van der Waals surface area contributed by atoms with E-state index in [1.807, 2.05) is 5.32 Å². The van der Waals surface area contributed by atoms with Crippen LogP contribution in [0.15, 0.2) is 47.4 Å². The molecular formula is C20H17F7N2O4S. The van der Waals surface area contributed by atoms with E-state index in [1.54, 1.807) is 0 Å². The van der Waals surface area contributed by atoms with Gasteiger partial charge >= 0.3 is 12.4 Å². The number of carbonyl (C=O) groups excluding carboxylic acids is 1. The second-order valence-electron chi connectivity index (χ2n) is 7.67. The summed E-state index contributed by atoms with van der Waals surface area (Å²) in [4.78, 5) is 12.1. The van der Waals surface area contributed by atoms with Crippen molar-refractivity contribution in [2.45, 2.75) is 48.2 Å². The normalized spacial score (nSPS) is 15.3. The molecule has 186 valence electrons. The summed E-state index contributed by atoms with van der Waals surface area (Å²) >= 11 is 0. The average molecular weight is 514 g/mol. The summed E-state index contributed by atoms with van der Waals surface area (Å²) in [6.45, 7) is 0. The predicted octanol–water partition coefficient (Wildman–Crippen LogP) is 3.76. The molecule has 0 bridgehead atoms. The molecular weight excluding hydrogens is 497 g/mol. The van der Waals surface area contributed by atoms with E-state index in [1.165, 1.54) is 24.3 Å². The third-order valence-corrected chi connectivity index (χ3v) is 6.52. The number of amides is 1. The van der Waals surface area contributed by atoms with Gasteiger partial charge in [0, 0.05) is 11.6 Å². The molecule has 1 fully saturated rings. The minimum atomic E-state index is -6.18. The van der Waals surface area contributed by atoms with Gasteiger partial charge in [-0.05, 0) is 42.7 Å². The first-order chi connectivity index (χ1) is 15.5. The second kappa shape index (κ2) is 8.82. The first kappa shape index (κ1) is 25.9. The number of hydrogen-bond donors (Lipinski definition) is 3. The number of rotatable bonds is 7. The Morgan fingerprint density at radius 3 is 2.00 bits per heavy atom. The van der Waals surface area contributed by atoms with E-state index in [2.05, 4.69) is 4.72 Å². The van der Waals surface area contributed by atoms with Gasteiger partial charge in [-0.1, -0.05) is 18.2 Å². The van der Waals surface area contributed by atoms with Gasteiger partial charge in [0.2, 0.25) is 15.9 Å². The molecule has 1 amide bonds. The zero-order valence-electron chi connectivity index (χ0n) is 17.0. The van der Waals surface area contributed by atoms with Crippen LogP contribution in [0, 0.1) is 5.82 Å². The maximum Gasteiger partial charge on any atom is 0.430 e. The molecule has 6 nitrogen and oxygen atoms in total. The van der Waals surface area contributed by atoms with Crippen molar-refractivity contribution in [1.82, 2.24) is 4.72 Å². The highest BCUT2D eigenvalue weighted by Gasteiger charge is 2.71. The van der Waals surface area contributed by atoms with Crippen LogP contribution < -0.4 is 10.0 Å². The molecule has 2 aromatic rings. The van der Waals surface area contributed by atoms with Crippen molar-refractivity contribution in [3.05, 3.63) is 59.4 Å². The van der Waals surface area contributed by atoms with Crippen LogP contribution in [0.3, 0.4) is 0 Å². The lowest BCUT2D eigenvalue weighted by Gasteiger charge is -2.32. The van der Waals surface area contributed by atoms with Gasteiger partial charge in [0.1, 0.15) is 5.82 Å². The average Bonchev–Trinajstić information content (AvgIpc) is 3.51. The molecule has 0 radical (unpaired) electrons. The van der Waals surface area contributed by atoms with Gasteiger partial charge in [-0.15, -0.1) is 0 Å². The molecule has 3 N–H and O–H groups in total. The van der Waals surface area contributed by atoms with Crippen LogP contribution in [0.25, 0.3) is 0 Å². The van der Waals surface area contributed by atoms with Gasteiger partial charge in [0.15, 0.2) is 0 Å². The summed E-state index contributed by atoms with van der Waals surface area (Å²) in [5.41, 5.74) is -7.52. The SMILES string of the molecule is O=C(Cc1ccc(S(=O)(=O)NC2CC2)cc1)Nc1ccc(C(O)(C(F)(F)F)C(F)(F)F)cc1F. The zero-order chi connectivity index (χ0) is 25.5. The first-order valence-electron chi connectivity index (χ1n) is 9.61. The number of nitrogens with one attached hydrogen (secondary N) is 2. The Morgan fingerprint density at radius 1 is 0.971 bits per heavy atom. The number of anilines is 1. The van der Waals surface area contributed by atoms with Crippen molar-refractivity contribution in [3.8, 4) is 0 Å². The Bertz CT molecular complexity index is 1160. The highest BCUT2D eigenvalue weighted by Crippen LogP contribution is 2.50. The largest absolute Gasteiger partial charge is 0.430 e. The van der Waals surface area contributed by atoms with E-state index in [0.29, 0.717) is 11.6 Å². The fourth-order valence-corrected chi connectivity index (χ4v) is 4.29. The van der Waals surface area contributed by atoms with Gasteiger partial charge in [-0.25, -0.2) is 17.5 Å². The molecule has 1 aliphatic carbocycles. The molecule has 1 saturated carbocycles. The molecule has 2 aromatic carbocycles. The van der Waals surface area contributed by atoms with Crippen molar-refractivity contribution in [3.63, 3.8) is 0 Å². The lowest BCUT2D eigenvalue weighted by atomic mass is 9.92. The van der Waals surface area contributed by atoms with E-state index < -0.39 is 57.4 Å². The van der Waals surface area contributed by atoms with Gasteiger partial charge in [0.05, 0.1) is 17.0 Å². The summed E-state index contributed by atoms with van der Waals surface area (Å²) in [5, 5.41) is 11.3. The highest BCUT2D eigenvalue weighted by atomic mass is 32.2. The van der Waals surface area contributed by atoms with Crippen LogP contribution in [0.5, 0.6) is 0 Å². The quantitative estimate of drug-likeness (QED) is 0.491. The van der Waals surface area contributed by atoms with Crippen LogP contribution in [-0.4, -0.2) is 37.8 Å². The maximum atomic E-state index is 14.2. The lowest BCUT2D eigenvalue weighted by molar-refractivity contribution is -0.376. The van der Waals surface area contributed by atoms with Crippen LogP contribution >= 0.6 is 0 Å². The lowest BCUT2D eigenvalue weighted by Crippen LogP contribution is -2.54. The maximum absolute atomic E-state index is 14.2. The third-order valence-electron chi connectivity index (χ3n) is 4.98. The van der Waals surface area contributed by atoms with E-state index in [9.17, 15) is 49.1 Å². The molecule has 1 aliphatic rings. The van der Waals surface area contributed by atoms with E-state index in [0.717, 1.165) is 12.8 Å². The molecule has 0 aromatic heterocycles. The second-order valence-corrected chi connectivity index (χ2v) is 9.38. The Hall–Kier alpha value is -2.71. The number of hydrogen-bond acceptors (Lipinski definition) is 4. The number of halogens is 7. The van der Waals surface area contributed by atoms with Gasteiger partial charge in [-0.3, -0.25) is 4.79 Å². The van der Waals surface area contributed by atoms with E-state index in [-0.39, 0.29) is 23.1 Å². The molecule has 0 spiro atoms. The summed E-state index contributed by atoms with van der Waals surface area (Å²) < 4.78 is 119. The molecule has 0 heterocycles. The Kier molecular flexibility index (Phi) is 6.72. The first-order valence-corrected chi connectivity index (χ1v) is 11.1. The molecule has 0 unspecified atom stereocenters. The van der Waals surface area contributed by atoms with Crippen molar-refractivity contribution < 1.29 is 49.1 Å². The highest BCUT2D eigenvalue weighted by molar-refractivity contribution is 7.89. The Balaban J connectivity index is 1.72. The monoisotopic (exact) mass is 514 g/mol. The number of carbonyl (C=O) groups is 1. The number of alkyl halides is 6. The predicted molar refractivity (Wildman–Crippen MR) is 105 cm³/mol. The minimum absolute atomic E-state index is 0.0352. The summed E-state index contributed by atoms with van der Waals surface area (Å²) in [6.07, 6.45) is -11.3. The third kappa shape index (κ3) is 5.33. The van der Waals surface area contributed by atoms with E-state index in [4.69, 9.17) is 0 Å². The minimum Gasteiger partial charge on any atom is -0.369 e. The van der Waals surface area contributed by atoms with Crippen LogP contribution in [0.1, 0.15) is 24.0 Å². The van der Waals surface area contributed by atoms with Gasteiger partial charge < -0.3 is 10.4 Å². The van der Waals surface area contributed by atoms with Crippen LogP contribution in [0.4, 0.5) is 36.4 Å². The van der Waals surface area contributed by atoms with Crippen molar-refractivity contribution >= 4 is 21.6 Å². The number of benzene rings is 2. The van der Waals surface area contributed by atoms with Crippen molar-refractivity contribution in [2.75, 3.05) is 5.32 Å². The van der Waals surface area contributed by atoms with Crippen molar-refractivity contribution in [2.24, 2.45) is 0 Å². The standard InChI is InChI=1S/C20H17F7N2O4S/c21-15-10-12(18(31,19(22,23)24)20(25,26)27)3-8-16(15)28-17(30)9-11-1-6-14(7-2-11)34(32,33)29-13-4-5-13/h1-3,6-8,10,13,29,31H,4-5,9H2,(H,28,30). The summed E-state index contributed by atoms with van der Waals surface area (Å²) in [6, 6.07) is 5.54. The molecule has 34 heavy (non-hydrogen) atoms. The fraction of sp³-hybridized carbons (Fsp3) is 0.350. The molecule has 3 rings (SSSR count). The number of sulfonamides is 1. The summed E-state index contributed by atoms with van der Waals surface area (Å²) in [5.74, 6) is -2.51. The van der Waals surface area contributed by atoms with Crippen molar-refractivity contribution in [1.29, 1.82) is 0 Å². The smallest absolute Gasteiger partial charge is 0.369 e. The fourth-order valence-electron chi connectivity index (χ4n) is 2.98. The van der Waals surface area contributed by atoms with Gasteiger partial charge in [0.25, 0.3) is 5.60 Å². The Morgan fingerprint density at radius 2 is 1.53 bits per heavy atom. The molecule has 0 atom stereocenters. The van der Waals surface area contributed by atoms with Crippen LogP contribution in [-0.2, 0) is 26.8 Å². The molecule has 0 saturated heterocycles. The Labute approximate surface area is 188 Å². The van der Waals surface area contributed by atoms with Gasteiger partial charge in [-0.2, -0.15) is 26.3 Å². The zero-order valence-corrected chi connectivity index (χ0v) is 17.8. The molecule has 14 heteroatoms. The topological polar surface area (TPSA) is 95.5 Å². The van der Waals surface area contributed by atoms with Crippen LogP contribution in [0.2, 0.25) is 0 Å². The molecule has 0 aliphatic heterocycles. The number of aliphatic hydroxyl groups is 1. The summed E-state index contributed by atoms with van der Waals surface area (Å²) in [7, 11) is -3.71. The van der Waals surface area contributed by atoms with E-state index >= 15 is 0 Å².